The van der Waals surface area contributed by atoms with E-state index in [1.54, 1.807) is 0 Å². The highest BCUT2D eigenvalue weighted by molar-refractivity contribution is 9.10. The summed E-state index contributed by atoms with van der Waals surface area (Å²) < 4.78 is 0.378. The van der Waals surface area contributed by atoms with Crippen LogP contribution in [0.1, 0.15) is 31.8 Å². The molecule has 0 aliphatic heterocycles. The van der Waals surface area contributed by atoms with Crippen molar-refractivity contribution in [1.29, 1.82) is 0 Å². The highest BCUT2D eigenvalue weighted by Gasteiger charge is 2.37. The Bertz CT molecular complexity index is 846. The molecule has 3 rings (SSSR count). The molecular formula is C14H9BrN2O4. The molecule has 21 heavy (non-hydrogen) atoms. The predicted molar refractivity (Wildman–Crippen MR) is 79.6 cm³/mol. The molecule has 0 heterocycles. The molecule has 0 atom stereocenters. The lowest BCUT2D eigenvalue weighted by Gasteiger charge is -2.22. The lowest BCUT2D eigenvalue weighted by molar-refractivity contribution is 0.0975. The number of aromatic hydroxyl groups is 2. The number of anilines is 2. The summed E-state index contributed by atoms with van der Waals surface area (Å²) in [5, 5.41) is 19.7. The normalized spacial score (nSPS) is 13.0. The molecular weight excluding hydrogens is 340 g/mol. The summed E-state index contributed by atoms with van der Waals surface area (Å²) in [5.41, 5.74) is 11.1. The van der Waals surface area contributed by atoms with Gasteiger partial charge < -0.3 is 21.7 Å². The van der Waals surface area contributed by atoms with E-state index in [9.17, 15) is 19.8 Å². The average molecular weight is 349 g/mol. The van der Waals surface area contributed by atoms with Crippen molar-refractivity contribution in [3.63, 3.8) is 0 Å². The quantitative estimate of drug-likeness (QED) is 0.362. The monoisotopic (exact) mass is 348 g/mol. The van der Waals surface area contributed by atoms with Crippen LogP contribution in [0.2, 0.25) is 0 Å². The van der Waals surface area contributed by atoms with Crippen molar-refractivity contribution < 1.29 is 19.8 Å². The van der Waals surface area contributed by atoms with Crippen LogP contribution in [0.25, 0.3) is 0 Å². The van der Waals surface area contributed by atoms with E-state index in [1.165, 1.54) is 6.07 Å². The van der Waals surface area contributed by atoms with Crippen LogP contribution >= 0.6 is 15.9 Å². The number of halogens is 1. The number of ketones is 2. The van der Waals surface area contributed by atoms with E-state index in [1.807, 2.05) is 0 Å². The van der Waals surface area contributed by atoms with Crippen LogP contribution in [0, 0.1) is 0 Å². The summed E-state index contributed by atoms with van der Waals surface area (Å²) in [5.74, 6) is -2.10. The molecule has 0 amide bonds. The second kappa shape index (κ2) is 4.23. The Morgan fingerprint density at radius 3 is 1.86 bits per heavy atom. The van der Waals surface area contributed by atoms with Gasteiger partial charge in [0.1, 0.15) is 11.5 Å². The first kappa shape index (κ1) is 13.4. The fraction of sp³-hybridized carbons (Fsp3) is 0. The van der Waals surface area contributed by atoms with Crippen LogP contribution in [0.5, 0.6) is 11.5 Å². The lowest BCUT2D eigenvalue weighted by atomic mass is 9.81. The number of carbonyl (C=O) groups excluding carboxylic acids is 2. The van der Waals surface area contributed by atoms with Crippen LogP contribution in [0.3, 0.4) is 0 Å². The van der Waals surface area contributed by atoms with Gasteiger partial charge in [0.2, 0.25) is 11.6 Å². The second-order valence-electron chi connectivity index (χ2n) is 4.62. The number of nitrogen functional groups attached to an aromatic ring is 2. The van der Waals surface area contributed by atoms with Gasteiger partial charge in [0.05, 0.1) is 27.9 Å². The summed E-state index contributed by atoms with van der Waals surface area (Å²) in [6.07, 6.45) is 0. The maximum Gasteiger partial charge on any atom is 0.200 e. The Hall–Kier alpha value is -2.54. The van der Waals surface area contributed by atoms with Gasteiger partial charge in [0.25, 0.3) is 0 Å². The first-order valence-corrected chi connectivity index (χ1v) is 6.65. The van der Waals surface area contributed by atoms with E-state index in [-0.39, 0.29) is 33.6 Å². The van der Waals surface area contributed by atoms with E-state index in [2.05, 4.69) is 15.9 Å². The number of benzene rings is 2. The Labute approximate surface area is 127 Å². The molecule has 1 aliphatic rings. The first-order valence-electron chi connectivity index (χ1n) is 5.86. The third kappa shape index (κ3) is 1.64. The summed E-state index contributed by atoms with van der Waals surface area (Å²) >= 11 is 3.17. The van der Waals surface area contributed by atoms with Gasteiger partial charge in [-0.1, -0.05) is 0 Å². The van der Waals surface area contributed by atoms with Crippen molar-refractivity contribution in [2.24, 2.45) is 0 Å². The van der Waals surface area contributed by atoms with Crippen molar-refractivity contribution in [2.75, 3.05) is 11.5 Å². The molecule has 0 bridgehead atoms. The zero-order valence-corrected chi connectivity index (χ0v) is 12.1. The smallest absolute Gasteiger partial charge is 0.200 e. The minimum Gasteiger partial charge on any atom is -0.507 e. The molecule has 6 nitrogen and oxygen atoms in total. The molecule has 0 fully saturated rings. The topological polar surface area (TPSA) is 127 Å². The van der Waals surface area contributed by atoms with Crippen LogP contribution in [-0.2, 0) is 0 Å². The van der Waals surface area contributed by atoms with Gasteiger partial charge in [-0.3, -0.25) is 9.59 Å². The van der Waals surface area contributed by atoms with Crippen molar-refractivity contribution in [3.05, 3.63) is 44.9 Å². The number of carbonyl (C=O) groups is 2. The average Bonchev–Trinajstić information content (AvgIpc) is 2.42. The molecule has 6 N–H and O–H groups in total. The number of hydrogen-bond donors (Lipinski definition) is 4. The van der Waals surface area contributed by atoms with Gasteiger partial charge in [-0.05, 0) is 34.1 Å². The fourth-order valence-corrected chi connectivity index (χ4v) is 2.90. The number of phenolic OH excluding ortho intramolecular Hbond substituents is 2. The minimum absolute atomic E-state index is 0.0610. The number of phenols is 2. The molecule has 0 saturated heterocycles. The molecule has 2 aromatic rings. The minimum atomic E-state index is -0.654. The molecule has 2 aromatic carbocycles. The zero-order chi connectivity index (χ0) is 15.5. The van der Waals surface area contributed by atoms with Gasteiger partial charge in [0, 0.05) is 10.2 Å². The number of hydrogen-bond acceptors (Lipinski definition) is 6. The standard InChI is InChI=1S/C14H9BrN2O4/c15-4-3-5(16)8-11(12(4)17)14(21)10-7(19)2-1-6(18)9(10)13(8)20/h1-3,18-19H,16-17H2. The Morgan fingerprint density at radius 1 is 0.857 bits per heavy atom. The van der Waals surface area contributed by atoms with Gasteiger partial charge >= 0.3 is 0 Å². The van der Waals surface area contributed by atoms with Crippen molar-refractivity contribution in [1.82, 2.24) is 0 Å². The molecule has 0 spiro atoms. The largest absolute Gasteiger partial charge is 0.507 e. The first-order chi connectivity index (χ1) is 9.84. The van der Waals surface area contributed by atoms with Crippen molar-refractivity contribution >= 4 is 38.9 Å². The molecule has 7 heteroatoms. The summed E-state index contributed by atoms with van der Waals surface area (Å²) in [6.45, 7) is 0. The molecule has 0 unspecified atom stereocenters. The van der Waals surface area contributed by atoms with Crippen LogP contribution < -0.4 is 11.5 Å². The molecule has 0 saturated carbocycles. The van der Waals surface area contributed by atoms with Gasteiger partial charge in [-0.15, -0.1) is 0 Å². The maximum atomic E-state index is 12.6. The van der Waals surface area contributed by atoms with Crippen LogP contribution in [-0.4, -0.2) is 21.8 Å². The van der Waals surface area contributed by atoms with Crippen LogP contribution in [0.15, 0.2) is 22.7 Å². The van der Waals surface area contributed by atoms with Gasteiger partial charge in [-0.25, -0.2) is 0 Å². The Morgan fingerprint density at radius 2 is 1.33 bits per heavy atom. The summed E-state index contributed by atoms with van der Waals surface area (Å²) in [4.78, 5) is 25.1. The van der Waals surface area contributed by atoms with Gasteiger partial charge in [0.15, 0.2) is 0 Å². The van der Waals surface area contributed by atoms with E-state index in [0.717, 1.165) is 12.1 Å². The number of nitrogens with two attached hydrogens (primary N) is 2. The molecule has 106 valence electrons. The third-order valence-corrected chi connectivity index (χ3v) is 4.07. The van der Waals surface area contributed by atoms with E-state index >= 15 is 0 Å². The zero-order valence-electron chi connectivity index (χ0n) is 10.5. The van der Waals surface area contributed by atoms with E-state index in [4.69, 9.17) is 11.5 Å². The maximum absolute atomic E-state index is 12.6. The molecule has 0 radical (unpaired) electrons. The lowest BCUT2D eigenvalue weighted by Crippen LogP contribution is -2.24. The molecule has 1 aliphatic carbocycles. The predicted octanol–water partition coefficient (Wildman–Crippen LogP) is 1.80. The Kier molecular flexibility index (Phi) is 2.70. The van der Waals surface area contributed by atoms with E-state index in [0.29, 0.717) is 4.47 Å². The fourth-order valence-electron chi connectivity index (χ4n) is 2.46. The van der Waals surface area contributed by atoms with E-state index < -0.39 is 23.1 Å². The SMILES string of the molecule is Nc1cc(Br)c(N)c2c1C(=O)c1c(O)ccc(O)c1C2=O. The number of rotatable bonds is 0. The summed E-state index contributed by atoms with van der Waals surface area (Å²) in [6, 6.07) is 3.70. The highest BCUT2D eigenvalue weighted by atomic mass is 79.9. The van der Waals surface area contributed by atoms with Crippen LogP contribution in [0.4, 0.5) is 11.4 Å². The van der Waals surface area contributed by atoms with Gasteiger partial charge in [-0.2, -0.15) is 0 Å². The number of fused-ring (bicyclic) bond motifs is 2. The molecule has 0 aromatic heterocycles. The summed E-state index contributed by atoms with van der Waals surface area (Å²) in [7, 11) is 0. The van der Waals surface area contributed by atoms with Crippen molar-refractivity contribution in [3.8, 4) is 11.5 Å². The highest BCUT2D eigenvalue weighted by Crippen LogP contribution is 2.42. The van der Waals surface area contributed by atoms with Crippen molar-refractivity contribution in [2.45, 2.75) is 0 Å². The second-order valence-corrected chi connectivity index (χ2v) is 5.48. The Balaban J connectivity index is 2.47. The third-order valence-electron chi connectivity index (χ3n) is 3.42.